The molecule has 2 aromatic heterocycles. The summed E-state index contributed by atoms with van der Waals surface area (Å²) in [5.41, 5.74) is 0.898. The highest BCUT2D eigenvalue weighted by Gasteiger charge is 2.14. The summed E-state index contributed by atoms with van der Waals surface area (Å²) >= 11 is 0. The van der Waals surface area contributed by atoms with Crippen LogP contribution in [0.3, 0.4) is 0 Å². The molecule has 0 N–H and O–H groups in total. The van der Waals surface area contributed by atoms with Crippen LogP contribution < -0.4 is 4.90 Å². The van der Waals surface area contributed by atoms with Crippen LogP contribution in [-0.2, 0) is 4.74 Å². The summed E-state index contributed by atoms with van der Waals surface area (Å²) in [7, 11) is 2.02. The van der Waals surface area contributed by atoms with Gasteiger partial charge in [0.2, 0.25) is 0 Å². The van der Waals surface area contributed by atoms with Gasteiger partial charge in [-0.3, -0.25) is 0 Å². The molecule has 1 aromatic carbocycles. The fourth-order valence-electron chi connectivity index (χ4n) is 2.97. The van der Waals surface area contributed by atoms with Crippen molar-refractivity contribution < 1.29 is 9.15 Å². The lowest BCUT2D eigenvalue weighted by molar-refractivity contribution is 0.230. The number of benzene rings is 1. The van der Waals surface area contributed by atoms with Crippen LogP contribution in [0.2, 0.25) is 0 Å². The van der Waals surface area contributed by atoms with Gasteiger partial charge in [-0.25, -0.2) is 9.97 Å². The van der Waals surface area contributed by atoms with Crippen molar-refractivity contribution in [1.82, 2.24) is 9.97 Å². The number of furan rings is 1. The fraction of sp³-hybridized carbons (Fsp3) is 0.238. The van der Waals surface area contributed by atoms with Crippen molar-refractivity contribution in [3.8, 4) is 11.6 Å². The van der Waals surface area contributed by atoms with Crippen LogP contribution in [0.15, 0.2) is 71.1 Å². The molecule has 0 aliphatic heterocycles. The summed E-state index contributed by atoms with van der Waals surface area (Å²) in [6.45, 7) is 1.32. The second-order valence-corrected chi connectivity index (χ2v) is 6.22. The third kappa shape index (κ3) is 3.47. The van der Waals surface area contributed by atoms with Crippen molar-refractivity contribution in [2.75, 3.05) is 25.1 Å². The predicted molar refractivity (Wildman–Crippen MR) is 103 cm³/mol. The van der Waals surface area contributed by atoms with Gasteiger partial charge in [0.15, 0.2) is 11.6 Å². The smallest absolute Gasteiger partial charge is 0.198 e. The summed E-state index contributed by atoms with van der Waals surface area (Å²) in [5.74, 6) is 3.08. The molecular weight excluding hydrogens is 326 g/mol. The van der Waals surface area contributed by atoms with Crippen LogP contribution >= 0.6 is 0 Å². The van der Waals surface area contributed by atoms with Gasteiger partial charge in [0.05, 0.1) is 18.3 Å². The molecule has 1 aliphatic rings. The molecule has 0 saturated heterocycles. The van der Waals surface area contributed by atoms with E-state index in [4.69, 9.17) is 14.1 Å². The van der Waals surface area contributed by atoms with E-state index in [2.05, 4.69) is 22.0 Å². The molecule has 2 heterocycles. The zero-order valence-corrected chi connectivity index (χ0v) is 14.8. The van der Waals surface area contributed by atoms with Gasteiger partial charge >= 0.3 is 0 Å². The van der Waals surface area contributed by atoms with Gasteiger partial charge < -0.3 is 14.1 Å². The zero-order valence-electron chi connectivity index (χ0n) is 14.8. The van der Waals surface area contributed by atoms with Crippen molar-refractivity contribution in [1.29, 1.82) is 0 Å². The van der Waals surface area contributed by atoms with Crippen LogP contribution in [-0.4, -0.2) is 30.2 Å². The van der Waals surface area contributed by atoms with E-state index in [9.17, 15) is 0 Å². The number of ether oxygens (including phenoxy) is 1. The van der Waals surface area contributed by atoms with Crippen LogP contribution in [0.1, 0.15) is 12.8 Å². The number of allylic oxidation sites excluding steroid dienone is 3. The molecule has 0 atom stereocenters. The molecule has 0 spiro atoms. The van der Waals surface area contributed by atoms with Gasteiger partial charge in [0.25, 0.3) is 0 Å². The maximum absolute atomic E-state index is 5.86. The van der Waals surface area contributed by atoms with E-state index in [0.29, 0.717) is 18.2 Å². The first kappa shape index (κ1) is 16.4. The maximum Gasteiger partial charge on any atom is 0.198 e. The Morgan fingerprint density at radius 3 is 2.85 bits per heavy atom. The highest BCUT2D eigenvalue weighted by Crippen LogP contribution is 2.27. The average molecular weight is 347 g/mol. The highest BCUT2D eigenvalue weighted by molar-refractivity contribution is 5.90. The molecule has 0 amide bonds. The SMILES string of the molecule is CN(CCOC1=CCCC=C1)c1nc(-c2ccco2)nc2ccccc12. The number of aromatic nitrogens is 2. The highest BCUT2D eigenvalue weighted by atomic mass is 16.5. The number of fused-ring (bicyclic) bond motifs is 1. The lowest BCUT2D eigenvalue weighted by Crippen LogP contribution is -2.24. The molecular formula is C21H21N3O2. The average Bonchev–Trinajstić information content (AvgIpc) is 3.23. The number of anilines is 1. The van der Waals surface area contributed by atoms with Gasteiger partial charge in [-0.1, -0.05) is 18.2 Å². The molecule has 26 heavy (non-hydrogen) atoms. The van der Waals surface area contributed by atoms with Crippen LogP contribution in [0.25, 0.3) is 22.5 Å². The predicted octanol–water partition coefficient (Wildman–Crippen LogP) is 4.58. The van der Waals surface area contributed by atoms with Gasteiger partial charge in [-0.15, -0.1) is 0 Å². The summed E-state index contributed by atoms with van der Waals surface area (Å²) in [6.07, 6.45) is 10.1. The summed E-state index contributed by atoms with van der Waals surface area (Å²) in [4.78, 5) is 11.5. The Labute approximate surface area is 152 Å². The minimum absolute atomic E-state index is 0.592. The molecule has 3 aromatic rings. The van der Waals surface area contributed by atoms with E-state index in [1.807, 2.05) is 49.5 Å². The number of rotatable bonds is 6. The van der Waals surface area contributed by atoms with Crippen molar-refractivity contribution in [3.63, 3.8) is 0 Å². The topological polar surface area (TPSA) is 51.4 Å². The first-order chi connectivity index (χ1) is 12.8. The van der Waals surface area contributed by atoms with Crippen LogP contribution in [0, 0.1) is 0 Å². The van der Waals surface area contributed by atoms with E-state index in [1.165, 1.54) is 0 Å². The first-order valence-corrected chi connectivity index (χ1v) is 8.82. The van der Waals surface area contributed by atoms with Crippen molar-refractivity contribution in [3.05, 3.63) is 66.6 Å². The number of nitrogens with zero attached hydrogens (tertiary/aromatic N) is 3. The van der Waals surface area contributed by atoms with Gasteiger partial charge in [-0.2, -0.15) is 0 Å². The first-order valence-electron chi connectivity index (χ1n) is 8.82. The molecule has 4 rings (SSSR count). The third-order valence-electron chi connectivity index (χ3n) is 4.34. The van der Waals surface area contributed by atoms with E-state index in [1.54, 1.807) is 6.26 Å². The Bertz CT molecular complexity index is 945. The minimum Gasteiger partial charge on any atom is -0.492 e. The van der Waals surface area contributed by atoms with E-state index in [-0.39, 0.29) is 0 Å². The lowest BCUT2D eigenvalue weighted by Gasteiger charge is -2.21. The largest absolute Gasteiger partial charge is 0.492 e. The second-order valence-electron chi connectivity index (χ2n) is 6.22. The van der Waals surface area contributed by atoms with Crippen molar-refractivity contribution in [2.45, 2.75) is 12.8 Å². The Balaban J connectivity index is 1.57. The summed E-state index contributed by atoms with van der Waals surface area (Å²) in [6, 6.07) is 11.7. The molecule has 0 saturated carbocycles. The number of likely N-dealkylation sites (N-methyl/N-ethyl adjacent to an activating group) is 1. The standard InChI is InChI=1S/C21H21N3O2/c1-24(13-15-25-16-8-3-2-4-9-16)21-17-10-5-6-11-18(17)22-20(23-21)19-12-7-14-26-19/h3,5-12,14H,2,4,13,15H2,1H3. The zero-order chi connectivity index (χ0) is 17.8. The maximum atomic E-state index is 5.86. The lowest BCUT2D eigenvalue weighted by atomic mass is 10.2. The van der Waals surface area contributed by atoms with Crippen molar-refractivity contribution >= 4 is 16.7 Å². The minimum atomic E-state index is 0.592. The summed E-state index contributed by atoms with van der Waals surface area (Å²) < 4.78 is 11.3. The van der Waals surface area contributed by atoms with Gasteiger partial charge in [0, 0.05) is 12.4 Å². The Hall–Kier alpha value is -3.08. The number of hydrogen-bond acceptors (Lipinski definition) is 5. The number of hydrogen-bond donors (Lipinski definition) is 0. The molecule has 5 heteroatoms. The van der Waals surface area contributed by atoms with Crippen LogP contribution in [0.4, 0.5) is 5.82 Å². The van der Waals surface area contributed by atoms with E-state index < -0.39 is 0 Å². The van der Waals surface area contributed by atoms with E-state index in [0.717, 1.165) is 41.9 Å². The molecule has 0 bridgehead atoms. The molecule has 132 valence electrons. The van der Waals surface area contributed by atoms with Crippen LogP contribution in [0.5, 0.6) is 0 Å². The third-order valence-corrected chi connectivity index (χ3v) is 4.34. The quantitative estimate of drug-likeness (QED) is 0.653. The van der Waals surface area contributed by atoms with Gasteiger partial charge in [-0.05, 0) is 49.3 Å². The molecule has 0 fully saturated rings. The Morgan fingerprint density at radius 2 is 2.04 bits per heavy atom. The Morgan fingerprint density at radius 1 is 1.12 bits per heavy atom. The van der Waals surface area contributed by atoms with Gasteiger partial charge in [0.1, 0.15) is 18.2 Å². The van der Waals surface area contributed by atoms with Crippen molar-refractivity contribution in [2.24, 2.45) is 0 Å². The number of para-hydroxylation sites is 1. The van der Waals surface area contributed by atoms with E-state index >= 15 is 0 Å². The normalized spacial score (nSPS) is 13.7. The Kier molecular flexibility index (Phi) is 4.69. The molecule has 1 aliphatic carbocycles. The monoisotopic (exact) mass is 347 g/mol. The fourth-order valence-corrected chi connectivity index (χ4v) is 2.97. The molecule has 0 unspecified atom stereocenters. The molecule has 0 radical (unpaired) electrons. The summed E-state index contributed by atoms with van der Waals surface area (Å²) in [5, 5.41) is 1.02. The molecule has 5 nitrogen and oxygen atoms in total. The second kappa shape index (κ2) is 7.44.